The summed E-state index contributed by atoms with van der Waals surface area (Å²) in [5.41, 5.74) is 0.123. The van der Waals surface area contributed by atoms with Crippen LogP contribution < -0.4 is 16.6 Å². The van der Waals surface area contributed by atoms with E-state index in [1.807, 2.05) is 19.9 Å². The molecule has 24 heavy (non-hydrogen) atoms. The van der Waals surface area contributed by atoms with Crippen LogP contribution in [0.2, 0.25) is 0 Å². The molecule has 9 nitrogen and oxygen atoms in total. The summed E-state index contributed by atoms with van der Waals surface area (Å²) in [6.07, 6.45) is -1.65. The number of aromatic amines is 1. The first-order chi connectivity index (χ1) is 11.3. The van der Waals surface area contributed by atoms with Gasteiger partial charge in [0, 0.05) is 24.8 Å². The van der Waals surface area contributed by atoms with Crippen LogP contribution in [0.3, 0.4) is 0 Å². The van der Waals surface area contributed by atoms with Gasteiger partial charge in [-0.1, -0.05) is 11.6 Å². The van der Waals surface area contributed by atoms with Crippen LogP contribution in [-0.4, -0.2) is 56.3 Å². The van der Waals surface area contributed by atoms with Crippen molar-refractivity contribution >= 4 is 0 Å². The number of hydrogen-bond acceptors (Lipinski definition) is 7. The number of rotatable bonds is 6. The summed E-state index contributed by atoms with van der Waals surface area (Å²) in [5.74, 6) is 0. The largest absolute Gasteiger partial charge is 0.394 e. The average Bonchev–Trinajstić information content (AvgIpc) is 2.81. The topological polar surface area (TPSA) is 137 Å². The fourth-order valence-corrected chi connectivity index (χ4v) is 2.44. The first kappa shape index (κ1) is 18.6. The van der Waals surface area contributed by atoms with Crippen LogP contribution in [0, 0.1) is 0 Å². The monoisotopic (exact) mass is 341 g/mol. The fraction of sp³-hybridized carbons (Fsp3) is 0.600. The maximum atomic E-state index is 12.0. The Morgan fingerprint density at radius 2 is 2.08 bits per heavy atom. The van der Waals surface area contributed by atoms with E-state index in [0.29, 0.717) is 6.54 Å². The van der Waals surface area contributed by atoms with E-state index >= 15 is 0 Å². The van der Waals surface area contributed by atoms with Crippen molar-refractivity contribution in [2.45, 2.75) is 44.9 Å². The minimum absolute atomic E-state index is 0.216. The van der Waals surface area contributed by atoms with Crippen molar-refractivity contribution < 1.29 is 20.1 Å². The predicted octanol–water partition coefficient (Wildman–Crippen LogP) is -1.80. The van der Waals surface area contributed by atoms with E-state index < -0.39 is 42.4 Å². The molecule has 0 aromatic carbocycles. The van der Waals surface area contributed by atoms with Crippen LogP contribution in [0.1, 0.15) is 25.6 Å². The van der Waals surface area contributed by atoms with E-state index in [2.05, 4.69) is 10.3 Å². The van der Waals surface area contributed by atoms with E-state index in [4.69, 9.17) is 9.84 Å². The molecule has 0 amide bonds. The first-order valence-corrected chi connectivity index (χ1v) is 7.66. The van der Waals surface area contributed by atoms with Crippen LogP contribution in [0.4, 0.5) is 0 Å². The van der Waals surface area contributed by atoms with Gasteiger partial charge in [0.05, 0.1) is 6.61 Å². The maximum Gasteiger partial charge on any atom is 0.330 e. The highest BCUT2D eigenvalue weighted by Crippen LogP contribution is 2.27. The molecule has 0 saturated carbocycles. The molecule has 9 heteroatoms. The molecule has 1 aromatic rings. The lowest BCUT2D eigenvalue weighted by Gasteiger charge is -2.18. The van der Waals surface area contributed by atoms with Gasteiger partial charge >= 0.3 is 5.69 Å². The zero-order chi connectivity index (χ0) is 17.9. The maximum absolute atomic E-state index is 12.0. The molecule has 2 rings (SSSR count). The van der Waals surface area contributed by atoms with Crippen molar-refractivity contribution in [3.63, 3.8) is 0 Å². The summed E-state index contributed by atoms with van der Waals surface area (Å²) in [7, 11) is 0. The molecule has 0 radical (unpaired) electrons. The number of aliphatic hydroxyl groups is 3. The summed E-state index contributed by atoms with van der Waals surface area (Å²) >= 11 is 0. The summed E-state index contributed by atoms with van der Waals surface area (Å²) in [4.78, 5) is 26.0. The van der Waals surface area contributed by atoms with E-state index in [-0.39, 0.29) is 12.1 Å². The van der Waals surface area contributed by atoms with Gasteiger partial charge in [0.15, 0.2) is 6.23 Å². The molecule has 1 aromatic heterocycles. The van der Waals surface area contributed by atoms with Crippen LogP contribution in [0.25, 0.3) is 0 Å². The Labute approximate surface area is 138 Å². The third-order valence-electron chi connectivity index (χ3n) is 3.80. The van der Waals surface area contributed by atoms with Crippen LogP contribution in [0.15, 0.2) is 27.4 Å². The Hall–Kier alpha value is -1.78. The van der Waals surface area contributed by atoms with Crippen LogP contribution in [0.5, 0.6) is 0 Å². The number of H-pyrrole nitrogens is 1. The molecule has 2 heterocycles. The molecular formula is C15H23N3O6. The highest BCUT2D eigenvalue weighted by Gasteiger charge is 2.43. The Morgan fingerprint density at radius 1 is 1.38 bits per heavy atom. The number of hydrogen-bond donors (Lipinski definition) is 5. The molecule has 0 spiro atoms. The Bertz CT molecular complexity index is 706. The van der Waals surface area contributed by atoms with Gasteiger partial charge in [0.1, 0.15) is 18.3 Å². The van der Waals surface area contributed by atoms with Crippen molar-refractivity contribution in [1.29, 1.82) is 0 Å². The molecule has 4 atom stereocenters. The third-order valence-corrected chi connectivity index (χ3v) is 3.80. The highest BCUT2D eigenvalue weighted by atomic mass is 16.6. The van der Waals surface area contributed by atoms with Crippen molar-refractivity contribution in [2.75, 3.05) is 13.2 Å². The van der Waals surface area contributed by atoms with Gasteiger partial charge in [-0.3, -0.25) is 14.3 Å². The van der Waals surface area contributed by atoms with E-state index in [1.165, 1.54) is 6.20 Å². The molecule has 5 N–H and O–H groups in total. The van der Waals surface area contributed by atoms with Gasteiger partial charge in [0.25, 0.3) is 5.56 Å². The Kier molecular flexibility index (Phi) is 6.08. The highest BCUT2D eigenvalue weighted by molar-refractivity contribution is 5.06. The number of allylic oxidation sites excluding steroid dienone is 1. The van der Waals surface area contributed by atoms with Gasteiger partial charge in [0.2, 0.25) is 0 Å². The van der Waals surface area contributed by atoms with Gasteiger partial charge in [-0.2, -0.15) is 0 Å². The SMILES string of the molecule is CC(C)=CCNCc1cn([C@@H]2O[C@H](CO)C(O)C2O)c(=O)[nH]c1=O. The Balaban J connectivity index is 2.22. The van der Waals surface area contributed by atoms with Crippen molar-refractivity contribution in [3.05, 3.63) is 44.2 Å². The van der Waals surface area contributed by atoms with Crippen molar-refractivity contribution in [1.82, 2.24) is 14.9 Å². The molecule has 1 aliphatic heterocycles. The lowest BCUT2D eigenvalue weighted by Crippen LogP contribution is -2.39. The summed E-state index contributed by atoms with van der Waals surface area (Å²) < 4.78 is 6.33. The van der Waals surface area contributed by atoms with E-state index in [1.54, 1.807) is 0 Å². The minimum Gasteiger partial charge on any atom is -0.394 e. The van der Waals surface area contributed by atoms with E-state index in [9.17, 15) is 19.8 Å². The lowest BCUT2D eigenvalue weighted by atomic mass is 10.1. The number of ether oxygens (including phenoxy) is 1. The second-order valence-electron chi connectivity index (χ2n) is 5.96. The van der Waals surface area contributed by atoms with Crippen LogP contribution >= 0.6 is 0 Å². The molecule has 1 aliphatic rings. The predicted molar refractivity (Wildman–Crippen MR) is 85.5 cm³/mol. The molecule has 0 aliphatic carbocycles. The zero-order valence-electron chi connectivity index (χ0n) is 13.6. The van der Waals surface area contributed by atoms with Crippen LogP contribution in [-0.2, 0) is 11.3 Å². The number of aliphatic hydroxyl groups excluding tert-OH is 3. The van der Waals surface area contributed by atoms with Gasteiger partial charge in [-0.05, 0) is 13.8 Å². The molecule has 1 saturated heterocycles. The molecule has 1 fully saturated rings. The van der Waals surface area contributed by atoms with Gasteiger partial charge < -0.3 is 25.4 Å². The van der Waals surface area contributed by atoms with Gasteiger partial charge in [-0.25, -0.2) is 4.79 Å². The second-order valence-corrected chi connectivity index (χ2v) is 5.96. The molecule has 0 bridgehead atoms. The van der Waals surface area contributed by atoms with Crippen molar-refractivity contribution in [3.8, 4) is 0 Å². The Morgan fingerprint density at radius 3 is 2.67 bits per heavy atom. The summed E-state index contributed by atoms with van der Waals surface area (Å²) in [5, 5.41) is 32.0. The quantitative estimate of drug-likeness (QED) is 0.304. The van der Waals surface area contributed by atoms with E-state index in [0.717, 1.165) is 10.1 Å². The molecular weight excluding hydrogens is 318 g/mol. The standard InChI is InChI=1S/C15H23N3O6/c1-8(2)3-4-16-5-9-6-18(15(23)17-13(9)22)14-12(21)11(20)10(7-19)24-14/h3,6,10-12,14,16,19-21H,4-5,7H2,1-2H3,(H,17,22,23)/t10-,11?,12?,14-/m1/s1. The molecule has 134 valence electrons. The second kappa shape index (κ2) is 7.86. The third kappa shape index (κ3) is 4.00. The number of aromatic nitrogens is 2. The summed E-state index contributed by atoms with van der Waals surface area (Å²) in [6.45, 7) is 4.19. The molecule has 2 unspecified atom stereocenters. The smallest absolute Gasteiger partial charge is 0.330 e. The number of nitrogens with one attached hydrogen (secondary N) is 2. The van der Waals surface area contributed by atoms with Gasteiger partial charge in [-0.15, -0.1) is 0 Å². The first-order valence-electron chi connectivity index (χ1n) is 7.66. The normalized spacial score (nSPS) is 26.5. The minimum atomic E-state index is -1.39. The average molecular weight is 341 g/mol. The van der Waals surface area contributed by atoms with Crippen molar-refractivity contribution in [2.24, 2.45) is 0 Å². The fourth-order valence-electron chi connectivity index (χ4n) is 2.44. The summed E-state index contributed by atoms with van der Waals surface area (Å²) in [6, 6.07) is 0. The lowest BCUT2D eigenvalue weighted by molar-refractivity contribution is -0.0551. The zero-order valence-corrected chi connectivity index (χ0v) is 13.6. The number of nitrogens with zero attached hydrogens (tertiary/aromatic N) is 1.